The van der Waals surface area contributed by atoms with Crippen LogP contribution in [-0.4, -0.2) is 4.57 Å². The Balaban J connectivity index is 1.65. The molecule has 7 rings (SSSR count). The Hall–Kier alpha value is -3.78. The van der Waals surface area contributed by atoms with Crippen molar-refractivity contribution in [2.24, 2.45) is 0 Å². The lowest BCUT2D eigenvalue weighted by molar-refractivity contribution is 0.171. The van der Waals surface area contributed by atoms with Crippen LogP contribution in [0.1, 0.15) is 36.2 Å². The minimum absolute atomic E-state index is 0.260. The summed E-state index contributed by atoms with van der Waals surface area (Å²) in [5, 5.41) is 5.42. The third-order valence-electron chi connectivity index (χ3n) is 8.94. The quantitative estimate of drug-likeness (QED) is 0.306. The molecule has 0 aliphatic carbocycles. The van der Waals surface area contributed by atoms with E-state index in [2.05, 4.69) is 139 Å². The van der Waals surface area contributed by atoms with Crippen LogP contribution in [0.5, 0.6) is 0 Å². The molecule has 1 aromatic heterocycles. The zero-order valence-corrected chi connectivity index (χ0v) is 19.6. The molecular formula is C32H28N2. The molecule has 34 heavy (non-hydrogen) atoms. The lowest BCUT2D eigenvalue weighted by Gasteiger charge is -2.50. The van der Waals surface area contributed by atoms with Gasteiger partial charge in [0.2, 0.25) is 0 Å². The highest BCUT2D eigenvalue weighted by molar-refractivity contribution is 5.85. The Bertz CT molecular complexity index is 1510. The SMILES string of the molecule is C[C@@]1(c2ccccc2)c2cc3ccccc3n2[C@]2(Cc3ccccc3N2)[C@@]1(C)c1ccccc1. The monoisotopic (exact) mass is 440 g/mol. The van der Waals surface area contributed by atoms with E-state index in [9.17, 15) is 0 Å². The van der Waals surface area contributed by atoms with Gasteiger partial charge in [-0.1, -0.05) is 104 Å². The number of benzene rings is 4. The van der Waals surface area contributed by atoms with Crippen LogP contribution in [0.15, 0.2) is 115 Å². The van der Waals surface area contributed by atoms with Crippen LogP contribution in [-0.2, 0) is 22.9 Å². The second kappa shape index (κ2) is 6.64. The summed E-state index contributed by atoms with van der Waals surface area (Å²) < 4.78 is 2.64. The van der Waals surface area contributed by atoms with Crippen molar-refractivity contribution in [2.75, 3.05) is 5.32 Å². The van der Waals surface area contributed by atoms with Gasteiger partial charge < -0.3 is 9.88 Å². The molecule has 0 radical (unpaired) electrons. The first-order valence-corrected chi connectivity index (χ1v) is 12.2. The maximum Gasteiger partial charge on any atom is 0.130 e. The van der Waals surface area contributed by atoms with E-state index in [-0.39, 0.29) is 16.5 Å². The van der Waals surface area contributed by atoms with Crippen LogP contribution < -0.4 is 5.32 Å². The first-order chi connectivity index (χ1) is 16.6. The summed E-state index contributed by atoms with van der Waals surface area (Å²) in [6.07, 6.45) is 0.933. The smallest absolute Gasteiger partial charge is 0.130 e. The fourth-order valence-corrected chi connectivity index (χ4v) is 7.11. The van der Waals surface area contributed by atoms with E-state index in [0.29, 0.717) is 0 Å². The number of para-hydroxylation sites is 2. The van der Waals surface area contributed by atoms with Gasteiger partial charge in [0, 0.05) is 28.6 Å². The van der Waals surface area contributed by atoms with Gasteiger partial charge in [0.1, 0.15) is 5.66 Å². The van der Waals surface area contributed by atoms with E-state index in [4.69, 9.17) is 0 Å². The molecule has 3 heterocycles. The molecule has 0 unspecified atom stereocenters. The second-order valence-corrected chi connectivity index (χ2v) is 10.2. The summed E-state index contributed by atoms with van der Waals surface area (Å²) in [5.74, 6) is 0. The Morgan fingerprint density at radius 1 is 0.676 bits per heavy atom. The third kappa shape index (κ3) is 2.17. The van der Waals surface area contributed by atoms with Gasteiger partial charge in [-0.3, -0.25) is 0 Å². The third-order valence-corrected chi connectivity index (χ3v) is 8.94. The van der Waals surface area contributed by atoms with Crippen LogP contribution in [0.3, 0.4) is 0 Å². The van der Waals surface area contributed by atoms with Crippen molar-refractivity contribution in [3.63, 3.8) is 0 Å². The highest BCUT2D eigenvalue weighted by Gasteiger charge is 2.69. The standard InChI is InChI=1S/C32H28N2/c1-30(25-15-5-3-6-16-25)29-21-23-13-10-12-20-28(23)34(29)32(22-24-14-9-11-19-27(24)33-32)31(30,2)26-17-7-4-8-18-26/h3-21,33H,22H2,1-2H3/t30-,31+,32-/m1/s1. The zero-order valence-electron chi connectivity index (χ0n) is 19.6. The Morgan fingerprint density at radius 3 is 2.03 bits per heavy atom. The minimum Gasteiger partial charge on any atom is -0.361 e. The molecule has 3 atom stereocenters. The van der Waals surface area contributed by atoms with E-state index in [1.54, 1.807) is 0 Å². The number of fused-ring (bicyclic) bond motifs is 5. The summed E-state index contributed by atoms with van der Waals surface area (Å²) in [6, 6.07) is 42.4. The van der Waals surface area contributed by atoms with Crippen LogP contribution in [0, 0.1) is 0 Å². The Kier molecular flexibility index (Phi) is 3.84. The molecule has 2 aliphatic heterocycles. The van der Waals surface area contributed by atoms with Crippen molar-refractivity contribution in [1.82, 2.24) is 4.57 Å². The molecule has 0 saturated heterocycles. The number of rotatable bonds is 2. The van der Waals surface area contributed by atoms with E-state index < -0.39 is 0 Å². The summed E-state index contributed by atoms with van der Waals surface area (Å²) >= 11 is 0. The molecule has 166 valence electrons. The van der Waals surface area contributed by atoms with Crippen molar-refractivity contribution in [2.45, 2.75) is 36.8 Å². The first kappa shape index (κ1) is 19.7. The van der Waals surface area contributed by atoms with Gasteiger partial charge in [0.05, 0.1) is 5.52 Å². The van der Waals surface area contributed by atoms with Gasteiger partial charge in [-0.25, -0.2) is 0 Å². The zero-order chi connectivity index (χ0) is 23.0. The largest absolute Gasteiger partial charge is 0.361 e. The molecular weight excluding hydrogens is 412 g/mol. The maximum absolute atomic E-state index is 4.12. The van der Waals surface area contributed by atoms with E-state index in [1.165, 1.54) is 39.0 Å². The lowest BCUT2D eigenvalue weighted by atomic mass is 9.54. The Morgan fingerprint density at radius 2 is 1.29 bits per heavy atom. The average molecular weight is 441 g/mol. The molecule has 4 aromatic carbocycles. The highest BCUT2D eigenvalue weighted by atomic mass is 15.3. The van der Waals surface area contributed by atoms with Crippen molar-refractivity contribution in [3.05, 3.63) is 138 Å². The maximum atomic E-state index is 4.12. The molecule has 1 spiro atoms. The number of nitrogens with zero attached hydrogens (tertiary/aromatic N) is 1. The predicted molar refractivity (Wildman–Crippen MR) is 140 cm³/mol. The normalized spacial score (nSPS) is 27.0. The summed E-state index contributed by atoms with van der Waals surface area (Å²) in [5.41, 5.74) is 7.11. The van der Waals surface area contributed by atoms with Crippen molar-refractivity contribution < 1.29 is 0 Å². The van der Waals surface area contributed by atoms with Crippen molar-refractivity contribution >= 4 is 16.6 Å². The van der Waals surface area contributed by atoms with Crippen LogP contribution >= 0.6 is 0 Å². The molecule has 5 aromatic rings. The van der Waals surface area contributed by atoms with Gasteiger partial charge in [-0.05, 0) is 47.2 Å². The molecule has 0 bridgehead atoms. The van der Waals surface area contributed by atoms with Gasteiger partial charge in [-0.2, -0.15) is 0 Å². The highest BCUT2D eigenvalue weighted by Crippen LogP contribution is 2.65. The van der Waals surface area contributed by atoms with E-state index in [0.717, 1.165) is 6.42 Å². The molecule has 1 N–H and O–H groups in total. The number of anilines is 1. The van der Waals surface area contributed by atoms with Crippen LogP contribution in [0.25, 0.3) is 10.9 Å². The van der Waals surface area contributed by atoms with Crippen LogP contribution in [0.2, 0.25) is 0 Å². The fraction of sp³-hybridized carbons (Fsp3) is 0.188. The van der Waals surface area contributed by atoms with E-state index >= 15 is 0 Å². The van der Waals surface area contributed by atoms with Crippen molar-refractivity contribution in [1.29, 1.82) is 0 Å². The lowest BCUT2D eigenvalue weighted by Crippen LogP contribution is -2.58. The molecule has 0 saturated carbocycles. The summed E-state index contributed by atoms with van der Waals surface area (Å²) in [7, 11) is 0. The van der Waals surface area contributed by atoms with Crippen LogP contribution in [0.4, 0.5) is 5.69 Å². The van der Waals surface area contributed by atoms with Crippen molar-refractivity contribution in [3.8, 4) is 0 Å². The van der Waals surface area contributed by atoms with Gasteiger partial charge >= 0.3 is 0 Å². The number of hydrogen-bond donors (Lipinski definition) is 1. The van der Waals surface area contributed by atoms with Gasteiger partial charge in [-0.15, -0.1) is 0 Å². The molecule has 0 fully saturated rings. The molecule has 0 amide bonds. The Labute approximate surface area is 200 Å². The topological polar surface area (TPSA) is 17.0 Å². The molecule has 2 heteroatoms. The van der Waals surface area contributed by atoms with E-state index in [1.807, 2.05) is 0 Å². The molecule has 2 nitrogen and oxygen atoms in total. The summed E-state index contributed by atoms with van der Waals surface area (Å²) in [4.78, 5) is 0. The fourth-order valence-electron chi connectivity index (χ4n) is 7.11. The molecule has 2 aliphatic rings. The second-order valence-electron chi connectivity index (χ2n) is 10.2. The minimum atomic E-state index is -0.346. The van der Waals surface area contributed by atoms with Gasteiger partial charge in [0.25, 0.3) is 0 Å². The number of aromatic nitrogens is 1. The van der Waals surface area contributed by atoms with Gasteiger partial charge in [0.15, 0.2) is 0 Å². The summed E-state index contributed by atoms with van der Waals surface area (Å²) in [6.45, 7) is 4.94. The number of nitrogens with one attached hydrogen (secondary N) is 1. The predicted octanol–water partition coefficient (Wildman–Crippen LogP) is 7.24. The number of hydrogen-bond acceptors (Lipinski definition) is 1. The first-order valence-electron chi connectivity index (χ1n) is 12.2. The average Bonchev–Trinajstić information content (AvgIpc) is 3.52.